The number of esters is 1. The van der Waals surface area contributed by atoms with Crippen molar-refractivity contribution >= 4 is 5.97 Å². The van der Waals surface area contributed by atoms with Crippen molar-refractivity contribution < 1.29 is 34.0 Å². The molecule has 0 aromatic carbocycles. The quantitative estimate of drug-likeness (QED) is 0.568. The molecule has 1 aliphatic heterocycles. The standard InChI is InChI=1S/C26H41NO7/c1-7-27-12-23(3)9-8-16(32-5)26-21(23)19(34-13(2)28)17(22(26)27)24(33-6)11-15(31-4)14-10-25(26,30)20(24)18(14)29/h14-22,29-30H,7-12H2,1-6H3/t14-,15+,16+,17+,18+,19-,20-,21-,22-,23+,24+,25+,26-/m1/s1. The maximum absolute atomic E-state index is 13.1. The summed E-state index contributed by atoms with van der Waals surface area (Å²) < 4.78 is 25.0. The number of carbonyl (C=O) groups is 1. The third-order valence-corrected chi connectivity index (χ3v) is 11.6. The summed E-state index contributed by atoms with van der Waals surface area (Å²) in [6.07, 6.45) is 1.21. The zero-order valence-electron chi connectivity index (χ0n) is 21.3. The van der Waals surface area contributed by atoms with E-state index in [9.17, 15) is 15.0 Å². The lowest BCUT2D eigenvalue weighted by atomic mass is 9.41. The molecule has 8 nitrogen and oxygen atoms in total. The predicted octanol–water partition coefficient (Wildman–Crippen LogP) is 1.22. The average Bonchev–Trinajstić information content (AvgIpc) is 3.15. The lowest BCUT2D eigenvalue weighted by Gasteiger charge is -2.71. The highest BCUT2D eigenvalue weighted by molar-refractivity contribution is 5.66. The van der Waals surface area contributed by atoms with Crippen LogP contribution in [0.5, 0.6) is 0 Å². The minimum Gasteiger partial charge on any atom is -0.462 e. The van der Waals surface area contributed by atoms with Gasteiger partial charge in [-0.15, -0.1) is 0 Å². The molecule has 0 aromatic rings. The number of aliphatic hydroxyl groups excluding tert-OH is 1. The van der Waals surface area contributed by atoms with Crippen molar-refractivity contribution in [3.8, 4) is 0 Å². The highest BCUT2D eigenvalue weighted by atomic mass is 16.6. The van der Waals surface area contributed by atoms with Gasteiger partial charge in [0.1, 0.15) is 6.10 Å². The third-order valence-electron chi connectivity index (χ3n) is 11.6. The number of rotatable bonds is 5. The molecule has 0 unspecified atom stereocenters. The Morgan fingerprint density at radius 2 is 1.88 bits per heavy atom. The zero-order chi connectivity index (χ0) is 24.4. The van der Waals surface area contributed by atoms with Crippen LogP contribution in [0.3, 0.4) is 0 Å². The van der Waals surface area contributed by atoms with Gasteiger partial charge in [-0.3, -0.25) is 9.69 Å². The molecular weight excluding hydrogens is 438 g/mol. The predicted molar refractivity (Wildman–Crippen MR) is 122 cm³/mol. The van der Waals surface area contributed by atoms with Crippen LogP contribution < -0.4 is 0 Å². The molecule has 0 aromatic heterocycles. The average molecular weight is 480 g/mol. The van der Waals surface area contributed by atoms with E-state index in [1.165, 1.54) is 6.92 Å². The molecule has 5 saturated carbocycles. The molecule has 7 bridgehead atoms. The van der Waals surface area contributed by atoms with E-state index in [2.05, 4.69) is 18.7 Å². The Hall–Kier alpha value is -0.770. The van der Waals surface area contributed by atoms with Crippen molar-refractivity contribution in [2.24, 2.45) is 34.5 Å². The third kappa shape index (κ3) is 2.27. The Kier molecular flexibility index (Phi) is 4.98. The van der Waals surface area contributed by atoms with Gasteiger partial charge in [-0.1, -0.05) is 13.8 Å². The van der Waals surface area contributed by atoms with Crippen molar-refractivity contribution in [1.82, 2.24) is 4.90 Å². The van der Waals surface area contributed by atoms with E-state index in [1.54, 1.807) is 21.3 Å². The maximum Gasteiger partial charge on any atom is 0.302 e. The van der Waals surface area contributed by atoms with E-state index in [1.807, 2.05) is 0 Å². The summed E-state index contributed by atoms with van der Waals surface area (Å²) in [5.74, 6) is -1.22. The fourth-order valence-electron chi connectivity index (χ4n) is 11.1. The molecule has 6 rings (SSSR count). The first kappa shape index (κ1) is 23.6. The van der Waals surface area contributed by atoms with Crippen LogP contribution in [0.1, 0.15) is 46.5 Å². The van der Waals surface area contributed by atoms with Crippen LogP contribution in [0.2, 0.25) is 0 Å². The Labute approximate surface area is 202 Å². The number of fused-ring (bicyclic) bond motifs is 2. The van der Waals surface area contributed by atoms with Gasteiger partial charge in [0, 0.05) is 76.3 Å². The Balaban J connectivity index is 1.70. The summed E-state index contributed by atoms with van der Waals surface area (Å²) in [5, 5.41) is 24.8. The van der Waals surface area contributed by atoms with Gasteiger partial charge in [-0.05, 0) is 31.2 Å². The van der Waals surface area contributed by atoms with Gasteiger partial charge in [0.15, 0.2) is 0 Å². The van der Waals surface area contributed by atoms with Crippen LogP contribution in [-0.4, -0.2) is 97.2 Å². The molecule has 0 radical (unpaired) electrons. The number of nitrogens with zero attached hydrogens (tertiary/aromatic N) is 1. The minimum absolute atomic E-state index is 0.0741. The molecular formula is C26H41NO7. The van der Waals surface area contributed by atoms with Gasteiger partial charge >= 0.3 is 5.97 Å². The largest absolute Gasteiger partial charge is 0.462 e. The van der Waals surface area contributed by atoms with Crippen LogP contribution in [-0.2, 0) is 23.7 Å². The summed E-state index contributed by atoms with van der Waals surface area (Å²) >= 11 is 0. The van der Waals surface area contributed by atoms with Crippen LogP contribution >= 0.6 is 0 Å². The molecule has 2 N–H and O–H groups in total. The van der Waals surface area contributed by atoms with E-state index in [0.717, 1.165) is 25.9 Å². The van der Waals surface area contributed by atoms with Crippen molar-refractivity contribution in [1.29, 1.82) is 0 Å². The zero-order valence-corrected chi connectivity index (χ0v) is 21.3. The van der Waals surface area contributed by atoms with E-state index in [4.69, 9.17) is 18.9 Å². The van der Waals surface area contributed by atoms with Gasteiger partial charge in [0.2, 0.25) is 0 Å². The molecule has 1 spiro atoms. The second kappa shape index (κ2) is 7.17. The Morgan fingerprint density at radius 3 is 2.47 bits per heavy atom. The second-order valence-corrected chi connectivity index (χ2v) is 12.3. The molecule has 6 fully saturated rings. The SMILES string of the molecule is CCN1C[C@]2(C)CC[C@H](OC)[C@@]34[C@@H]2[C@H](OC(C)=O)[C@@H]([C@@H]13)[C@@]1(OC)C[C@H](OC)[C@H]2C[C@]4(O)[C@@H]1[C@H]2O. The summed E-state index contributed by atoms with van der Waals surface area (Å²) in [5.41, 5.74) is -2.91. The van der Waals surface area contributed by atoms with E-state index >= 15 is 0 Å². The molecule has 13 atom stereocenters. The fraction of sp³-hybridized carbons (Fsp3) is 0.962. The van der Waals surface area contributed by atoms with Crippen molar-refractivity contribution in [2.75, 3.05) is 34.4 Å². The highest BCUT2D eigenvalue weighted by Crippen LogP contribution is 2.81. The lowest BCUT2D eigenvalue weighted by Crippen LogP contribution is -2.81. The van der Waals surface area contributed by atoms with Crippen LogP contribution in [0, 0.1) is 34.5 Å². The van der Waals surface area contributed by atoms with Gasteiger partial charge in [0.05, 0.1) is 29.5 Å². The van der Waals surface area contributed by atoms with E-state index < -0.39 is 34.7 Å². The monoisotopic (exact) mass is 479 g/mol. The smallest absolute Gasteiger partial charge is 0.302 e. The number of aliphatic hydroxyl groups is 2. The minimum atomic E-state index is -1.22. The Morgan fingerprint density at radius 1 is 1.15 bits per heavy atom. The highest BCUT2D eigenvalue weighted by Gasteiger charge is 2.91. The van der Waals surface area contributed by atoms with Gasteiger partial charge < -0.3 is 29.2 Å². The summed E-state index contributed by atoms with van der Waals surface area (Å²) in [4.78, 5) is 15.1. The number of piperidine rings is 1. The molecule has 1 heterocycles. The van der Waals surface area contributed by atoms with Gasteiger partial charge in [-0.2, -0.15) is 0 Å². The van der Waals surface area contributed by atoms with Gasteiger partial charge in [0.25, 0.3) is 0 Å². The number of hydrogen-bond donors (Lipinski definition) is 2. The summed E-state index contributed by atoms with van der Waals surface area (Å²) in [7, 11) is 5.13. The van der Waals surface area contributed by atoms with Crippen molar-refractivity contribution in [3.05, 3.63) is 0 Å². The number of methoxy groups -OCH3 is 3. The molecule has 34 heavy (non-hydrogen) atoms. The summed E-state index contributed by atoms with van der Waals surface area (Å²) in [6.45, 7) is 7.68. The molecule has 192 valence electrons. The molecule has 6 aliphatic rings. The van der Waals surface area contributed by atoms with Crippen LogP contribution in [0.4, 0.5) is 0 Å². The van der Waals surface area contributed by atoms with Crippen molar-refractivity contribution in [2.45, 2.75) is 88.1 Å². The molecule has 1 saturated heterocycles. The first-order chi connectivity index (χ1) is 16.1. The first-order valence-corrected chi connectivity index (χ1v) is 13.0. The number of likely N-dealkylation sites (tertiary alicyclic amines) is 1. The first-order valence-electron chi connectivity index (χ1n) is 13.0. The van der Waals surface area contributed by atoms with Crippen LogP contribution in [0.25, 0.3) is 0 Å². The fourth-order valence-corrected chi connectivity index (χ4v) is 11.1. The van der Waals surface area contributed by atoms with E-state index in [-0.39, 0.29) is 47.4 Å². The van der Waals surface area contributed by atoms with Gasteiger partial charge in [-0.25, -0.2) is 0 Å². The van der Waals surface area contributed by atoms with Crippen molar-refractivity contribution in [3.63, 3.8) is 0 Å². The van der Waals surface area contributed by atoms with E-state index in [0.29, 0.717) is 12.8 Å². The molecule has 0 amide bonds. The number of ether oxygens (including phenoxy) is 4. The summed E-state index contributed by atoms with van der Waals surface area (Å²) in [6, 6.07) is -0.0760. The molecule has 8 heteroatoms. The van der Waals surface area contributed by atoms with Crippen LogP contribution in [0.15, 0.2) is 0 Å². The number of hydrogen-bond acceptors (Lipinski definition) is 8. The Bertz CT molecular complexity index is 885. The second-order valence-electron chi connectivity index (χ2n) is 12.3. The lowest BCUT2D eigenvalue weighted by molar-refractivity contribution is -0.328. The maximum atomic E-state index is 13.1. The topological polar surface area (TPSA) is 97.7 Å². The molecule has 5 aliphatic carbocycles. The number of carbonyl (C=O) groups excluding carboxylic acids is 1. The normalized spacial score (nSPS) is 59.2.